The highest BCUT2D eigenvalue weighted by Crippen LogP contribution is 2.26. The van der Waals surface area contributed by atoms with E-state index >= 15 is 0 Å². The lowest BCUT2D eigenvalue weighted by atomic mass is 10.3. The van der Waals surface area contributed by atoms with E-state index in [1.165, 1.54) is 6.08 Å². The van der Waals surface area contributed by atoms with E-state index in [0.29, 0.717) is 5.69 Å². The fraction of sp³-hybridized carbons (Fsp3) is 0. The first-order valence-electron chi connectivity index (χ1n) is 4.11. The SMILES string of the molecule is O=C1C=C(Br)C(=O)N1c1ccc(Br)cc1. The van der Waals surface area contributed by atoms with Crippen LogP contribution in [0.15, 0.2) is 39.3 Å². The highest BCUT2D eigenvalue weighted by molar-refractivity contribution is 9.12. The van der Waals surface area contributed by atoms with Crippen LogP contribution in [0.1, 0.15) is 0 Å². The van der Waals surface area contributed by atoms with Crippen molar-refractivity contribution in [1.82, 2.24) is 0 Å². The van der Waals surface area contributed by atoms with Crippen LogP contribution < -0.4 is 4.90 Å². The van der Waals surface area contributed by atoms with Gasteiger partial charge in [0.15, 0.2) is 0 Å². The molecule has 1 aliphatic rings. The molecule has 0 atom stereocenters. The van der Waals surface area contributed by atoms with Crippen molar-refractivity contribution < 1.29 is 9.59 Å². The topological polar surface area (TPSA) is 37.4 Å². The summed E-state index contributed by atoms with van der Waals surface area (Å²) < 4.78 is 1.19. The van der Waals surface area contributed by atoms with Gasteiger partial charge < -0.3 is 0 Å². The van der Waals surface area contributed by atoms with Gasteiger partial charge in [-0.2, -0.15) is 0 Å². The van der Waals surface area contributed by atoms with Crippen LogP contribution in [0.2, 0.25) is 0 Å². The third kappa shape index (κ3) is 1.89. The maximum Gasteiger partial charge on any atom is 0.272 e. The summed E-state index contributed by atoms with van der Waals surface area (Å²) in [7, 11) is 0. The monoisotopic (exact) mass is 329 g/mol. The fourth-order valence-electron chi connectivity index (χ4n) is 1.28. The van der Waals surface area contributed by atoms with Crippen LogP contribution in [0.5, 0.6) is 0 Å². The number of nitrogens with zero attached hydrogens (tertiary/aromatic N) is 1. The minimum absolute atomic E-state index is 0.287. The number of amides is 2. The van der Waals surface area contributed by atoms with Crippen molar-refractivity contribution in [1.29, 1.82) is 0 Å². The van der Waals surface area contributed by atoms with Gasteiger partial charge in [0, 0.05) is 10.5 Å². The lowest BCUT2D eigenvalue weighted by molar-refractivity contribution is -0.120. The Morgan fingerprint density at radius 3 is 2.07 bits per heavy atom. The minimum Gasteiger partial charge on any atom is -0.269 e. The molecular weight excluding hydrogens is 326 g/mol. The highest BCUT2D eigenvalue weighted by atomic mass is 79.9. The molecule has 2 amide bonds. The van der Waals surface area contributed by atoms with Gasteiger partial charge in [0.25, 0.3) is 11.8 Å². The second kappa shape index (κ2) is 3.90. The summed E-state index contributed by atoms with van der Waals surface area (Å²) in [6.45, 7) is 0. The van der Waals surface area contributed by atoms with E-state index in [2.05, 4.69) is 31.9 Å². The summed E-state index contributed by atoms with van der Waals surface area (Å²) in [6.07, 6.45) is 1.27. The second-order valence-corrected chi connectivity index (χ2v) is 4.72. The van der Waals surface area contributed by atoms with Crippen molar-refractivity contribution in [3.05, 3.63) is 39.3 Å². The van der Waals surface area contributed by atoms with Crippen molar-refractivity contribution in [3.8, 4) is 0 Å². The number of anilines is 1. The van der Waals surface area contributed by atoms with Crippen LogP contribution >= 0.6 is 31.9 Å². The molecule has 1 heterocycles. The van der Waals surface area contributed by atoms with Crippen molar-refractivity contribution in [2.75, 3.05) is 4.90 Å². The Hall–Kier alpha value is -0.940. The zero-order valence-corrected chi connectivity index (χ0v) is 10.6. The third-order valence-corrected chi connectivity index (χ3v) is 3.06. The molecule has 0 radical (unpaired) electrons. The summed E-state index contributed by atoms with van der Waals surface area (Å²) in [5.41, 5.74) is 0.568. The van der Waals surface area contributed by atoms with Crippen molar-refractivity contribution >= 4 is 49.4 Å². The number of benzene rings is 1. The number of carbonyl (C=O) groups is 2. The Morgan fingerprint density at radius 2 is 1.60 bits per heavy atom. The van der Waals surface area contributed by atoms with E-state index in [1.807, 2.05) is 0 Å². The molecule has 76 valence electrons. The maximum atomic E-state index is 11.6. The molecule has 0 fully saturated rings. The Bertz CT molecular complexity index is 465. The molecule has 3 nitrogen and oxygen atoms in total. The summed E-state index contributed by atoms with van der Waals surface area (Å²) >= 11 is 6.32. The summed E-state index contributed by atoms with van der Waals surface area (Å²) in [4.78, 5) is 24.2. The van der Waals surface area contributed by atoms with Gasteiger partial charge in [-0.25, -0.2) is 4.90 Å². The third-order valence-electron chi connectivity index (χ3n) is 1.96. The Kier molecular flexibility index (Phi) is 2.75. The summed E-state index contributed by atoms with van der Waals surface area (Å²) in [5.74, 6) is -0.656. The average Bonchev–Trinajstić information content (AvgIpc) is 2.44. The number of imide groups is 1. The van der Waals surface area contributed by atoms with E-state index in [4.69, 9.17) is 0 Å². The first-order chi connectivity index (χ1) is 7.09. The van der Waals surface area contributed by atoms with Gasteiger partial charge in [-0.05, 0) is 40.2 Å². The molecule has 0 saturated heterocycles. The molecule has 5 heteroatoms. The van der Waals surface area contributed by atoms with Crippen LogP contribution in [0.3, 0.4) is 0 Å². The Morgan fingerprint density at radius 1 is 1.00 bits per heavy atom. The summed E-state index contributed by atoms with van der Waals surface area (Å²) in [5, 5.41) is 0. The molecule has 0 bridgehead atoms. The predicted octanol–water partition coefficient (Wildman–Crippen LogP) is 2.60. The quantitative estimate of drug-likeness (QED) is 0.742. The Balaban J connectivity index is 2.38. The molecule has 0 aromatic heterocycles. The van der Waals surface area contributed by atoms with Crippen molar-refractivity contribution in [2.45, 2.75) is 0 Å². The average molecular weight is 331 g/mol. The molecule has 0 saturated carbocycles. The standard InChI is InChI=1S/C10H5Br2NO2/c11-6-1-3-7(4-2-6)13-9(14)5-8(12)10(13)15/h1-5H. The van der Waals surface area contributed by atoms with Crippen LogP contribution in [-0.2, 0) is 9.59 Å². The van der Waals surface area contributed by atoms with Gasteiger partial charge in [-0.3, -0.25) is 9.59 Å². The van der Waals surface area contributed by atoms with Crippen molar-refractivity contribution in [3.63, 3.8) is 0 Å². The molecule has 0 spiro atoms. The first kappa shape index (κ1) is 10.6. The van der Waals surface area contributed by atoms with Crippen LogP contribution in [0.4, 0.5) is 5.69 Å². The maximum absolute atomic E-state index is 11.6. The fourth-order valence-corrected chi connectivity index (χ4v) is 1.91. The molecule has 1 aromatic carbocycles. The smallest absolute Gasteiger partial charge is 0.269 e. The van der Waals surface area contributed by atoms with Crippen LogP contribution in [0.25, 0.3) is 0 Å². The zero-order valence-electron chi connectivity index (χ0n) is 7.41. The number of hydrogen-bond donors (Lipinski definition) is 0. The highest BCUT2D eigenvalue weighted by Gasteiger charge is 2.30. The van der Waals surface area contributed by atoms with Crippen molar-refractivity contribution in [2.24, 2.45) is 0 Å². The minimum atomic E-state index is -0.331. The number of carbonyl (C=O) groups excluding carboxylic acids is 2. The molecule has 1 aliphatic heterocycles. The van der Waals surface area contributed by atoms with E-state index in [0.717, 1.165) is 9.37 Å². The number of halogens is 2. The molecule has 0 aliphatic carbocycles. The molecule has 15 heavy (non-hydrogen) atoms. The van der Waals surface area contributed by atoms with E-state index in [9.17, 15) is 9.59 Å². The second-order valence-electron chi connectivity index (χ2n) is 2.95. The Labute approximate surface area is 103 Å². The normalized spacial score (nSPS) is 15.9. The van der Waals surface area contributed by atoms with E-state index in [-0.39, 0.29) is 16.3 Å². The molecule has 2 rings (SSSR count). The number of hydrogen-bond acceptors (Lipinski definition) is 2. The molecular formula is C10H5Br2NO2. The lowest BCUT2D eigenvalue weighted by Crippen LogP contribution is -2.30. The van der Waals surface area contributed by atoms with Gasteiger partial charge >= 0.3 is 0 Å². The molecule has 1 aromatic rings. The zero-order chi connectivity index (χ0) is 11.0. The van der Waals surface area contributed by atoms with Crippen LogP contribution in [0, 0.1) is 0 Å². The van der Waals surface area contributed by atoms with E-state index < -0.39 is 0 Å². The van der Waals surface area contributed by atoms with Crippen LogP contribution in [-0.4, -0.2) is 11.8 Å². The van der Waals surface area contributed by atoms with Gasteiger partial charge in [0.2, 0.25) is 0 Å². The van der Waals surface area contributed by atoms with E-state index in [1.54, 1.807) is 24.3 Å². The largest absolute Gasteiger partial charge is 0.272 e. The van der Waals surface area contributed by atoms with Gasteiger partial charge in [0.05, 0.1) is 10.2 Å². The number of rotatable bonds is 1. The van der Waals surface area contributed by atoms with Gasteiger partial charge in [-0.1, -0.05) is 15.9 Å². The van der Waals surface area contributed by atoms with Gasteiger partial charge in [-0.15, -0.1) is 0 Å². The van der Waals surface area contributed by atoms with Gasteiger partial charge in [0.1, 0.15) is 0 Å². The molecule has 0 unspecified atom stereocenters. The lowest BCUT2D eigenvalue weighted by Gasteiger charge is -2.13. The first-order valence-corrected chi connectivity index (χ1v) is 5.69. The summed E-state index contributed by atoms with van der Waals surface area (Å²) in [6, 6.07) is 6.98. The molecule has 0 N–H and O–H groups in total. The predicted molar refractivity (Wildman–Crippen MR) is 63.6 cm³/mol.